The molecule has 0 radical (unpaired) electrons. The van der Waals surface area contributed by atoms with Crippen LogP contribution in [0.5, 0.6) is 0 Å². The molecule has 0 aliphatic carbocycles. The van der Waals surface area contributed by atoms with Gasteiger partial charge in [0.1, 0.15) is 0 Å². The van der Waals surface area contributed by atoms with Gasteiger partial charge in [-0.3, -0.25) is 4.79 Å². The number of nitrogens with one attached hydrogen (secondary N) is 1. The van der Waals surface area contributed by atoms with Gasteiger partial charge in [0, 0.05) is 9.50 Å². The summed E-state index contributed by atoms with van der Waals surface area (Å²) >= 11 is 8.93. The van der Waals surface area contributed by atoms with Crippen molar-refractivity contribution in [2.45, 2.75) is 0 Å². The number of amides is 1. The molecule has 1 aromatic carbocycles. The second-order valence-electron chi connectivity index (χ2n) is 2.57. The first-order valence-corrected chi connectivity index (χ1v) is 5.06. The Kier molecular flexibility index (Phi) is 4.11. The van der Waals surface area contributed by atoms with Gasteiger partial charge in [-0.05, 0) is 34.1 Å². The zero-order chi connectivity index (χ0) is 11.4. The summed E-state index contributed by atoms with van der Waals surface area (Å²) < 4.78 is 4.88. The van der Waals surface area contributed by atoms with Gasteiger partial charge in [-0.25, -0.2) is 4.79 Å². The molecule has 1 amide bonds. The number of benzene rings is 1. The Hall–Kier alpha value is -1.07. The average Bonchev–Trinajstić information content (AvgIpc) is 2.22. The lowest BCUT2D eigenvalue weighted by molar-refractivity contribution is -0.150. The lowest BCUT2D eigenvalue weighted by Crippen LogP contribution is -2.23. The largest absolute Gasteiger partial charge is 0.462 e. The third-order valence-electron chi connectivity index (χ3n) is 1.55. The first-order chi connectivity index (χ1) is 7.04. The fraction of sp³-hybridized carbons (Fsp3) is 0.111. The van der Waals surface area contributed by atoms with Crippen molar-refractivity contribution < 1.29 is 14.3 Å². The molecule has 15 heavy (non-hydrogen) atoms. The van der Waals surface area contributed by atoms with E-state index in [2.05, 4.69) is 26.0 Å². The summed E-state index contributed by atoms with van der Waals surface area (Å²) in [5, 5.41) is 2.81. The molecule has 0 unspecified atom stereocenters. The van der Waals surface area contributed by atoms with E-state index in [1.807, 2.05) is 0 Å². The number of carbonyl (C=O) groups is 2. The van der Waals surface area contributed by atoms with Crippen molar-refractivity contribution >= 4 is 45.1 Å². The van der Waals surface area contributed by atoms with Crippen LogP contribution in [0.15, 0.2) is 22.7 Å². The Morgan fingerprint density at radius 1 is 1.47 bits per heavy atom. The topological polar surface area (TPSA) is 55.4 Å². The van der Waals surface area contributed by atoms with Gasteiger partial charge in [-0.15, -0.1) is 0 Å². The van der Waals surface area contributed by atoms with Crippen LogP contribution in [-0.2, 0) is 14.3 Å². The molecule has 0 saturated heterocycles. The van der Waals surface area contributed by atoms with Gasteiger partial charge in [0.2, 0.25) is 0 Å². The van der Waals surface area contributed by atoms with Crippen LogP contribution >= 0.6 is 27.5 Å². The Morgan fingerprint density at radius 2 is 2.13 bits per heavy atom. The van der Waals surface area contributed by atoms with E-state index in [4.69, 9.17) is 11.6 Å². The summed E-state index contributed by atoms with van der Waals surface area (Å²) in [5.74, 6) is -1.80. The first kappa shape index (κ1) is 12.0. The SMILES string of the molecule is COC(=O)C(=O)Nc1cc(Cl)ccc1Br. The van der Waals surface area contributed by atoms with Crippen LogP contribution in [-0.4, -0.2) is 19.0 Å². The number of esters is 1. The van der Waals surface area contributed by atoms with E-state index in [1.165, 1.54) is 6.07 Å². The maximum absolute atomic E-state index is 11.2. The van der Waals surface area contributed by atoms with Crippen molar-refractivity contribution in [3.63, 3.8) is 0 Å². The fourth-order valence-corrected chi connectivity index (χ4v) is 1.38. The minimum atomic E-state index is -0.957. The van der Waals surface area contributed by atoms with Gasteiger partial charge >= 0.3 is 11.9 Å². The standard InChI is InChI=1S/C9H7BrClNO3/c1-15-9(14)8(13)12-7-4-5(11)2-3-6(7)10/h2-4H,1H3,(H,12,13). The number of ether oxygens (including phenoxy) is 1. The highest BCUT2D eigenvalue weighted by Crippen LogP contribution is 2.25. The number of rotatable bonds is 1. The van der Waals surface area contributed by atoms with E-state index >= 15 is 0 Å². The van der Waals surface area contributed by atoms with E-state index in [-0.39, 0.29) is 0 Å². The van der Waals surface area contributed by atoms with Crippen LogP contribution in [0.25, 0.3) is 0 Å². The van der Waals surface area contributed by atoms with Gasteiger partial charge in [0.05, 0.1) is 12.8 Å². The van der Waals surface area contributed by atoms with Crippen molar-refractivity contribution in [1.29, 1.82) is 0 Å². The normalized spacial score (nSPS) is 9.53. The van der Waals surface area contributed by atoms with Crippen molar-refractivity contribution in [3.8, 4) is 0 Å². The molecule has 80 valence electrons. The van der Waals surface area contributed by atoms with E-state index in [1.54, 1.807) is 12.1 Å². The number of methoxy groups -OCH3 is 1. The van der Waals surface area contributed by atoms with E-state index in [0.29, 0.717) is 15.2 Å². The molecular weight excluding hydrogens is 285 g/mol. The number of anilines is 1. The molecule has 0 spiro atoms. The molecule has 0 aliphatic heterocycles. The maximum atomic E-state index is 11.2. The average molecular weight is 293 g/mol. The Labute approximate surface area is 99.7 Å². The minimum Gasteiger partial charge on any atom is -0.462 e. The number of hydrogen-bond acceptors (Lipinski definition) is 3. The van der Waals surface area contributed by atoms with Crippen LogP contribution in [0.1, 0.15) is 0 Å². The molecule has 0 saturated carbocycles. The Morgan fingerprint density at radius 3 is 2.73 bits per heavy atom. The predicted molar refractivity (Wildman–Crippen MR) is 59.8 cm³/mol. The van der Waals surface area contributed by atoms with Gasteiger partial charge in [-0.2, -0.15) is 0 Å². The molecule has 1 N–H and O–H groups in total. The van der Waals surface area contributed by atoms with Crippen LogP contribution in [0.3, 0.4) is 0 Å². The van der Waals surface area contributed by atoms with Crippen molar-refractivity contribution in [2.24, 2.45) is 0 Å². The lowest BCUT2D eigenvalue weighted by Gasteiger charge is -2.06. The van der Waals surface area contributed by atoms with Crippen LogP contribution in [0.2, 0.25) is 5.02 Å². The smallest absolute Gasteiger partial charge is 0.396 e. The third-order valence-corrected chi connectivity index (χ3v) is 2.47. The Balaban J connectivity index is 2.85. The van der Waals surface area contributed by atoms with Crippen molar-refractivity contribution in [3.05, 3.63) is 27.7 Å². The lowest BCUT2D eigenvalue weighted by atomic mass is 10.3. The highest BCUT2D eigenvalue weighted by atomic mass is 79.9. The summed E-state index contributed by atoms with van der Waals surface area (Å²) in [6, 6.07) is 4.83. The molecule has 0 bridgehead atoms. The zero-order valence-electron chi connectivity index (χ0n) is 7.71. The number of halogens is 2. The van der Waals surface area contributed by atoms with Gasteiger partial charge in [0.25, 0.3) is 0 Å². The summed E-state index contributed by atoms with van der Waals surface area (Å²) in [6.45, 7) is 0. The molecule has 0 heterocycles. The molecule has 1 aromatic rings. The van der Waals surface area contributed by atoms with Crippen LogP contribution in [0, 0.1) is 0 Å². The van der Waals surface area contributed by atoms with Crippen molar-refractivity contribution in [2.75, 3.05) is 12.4 Å². The second-order valence-corrected chi connectivity index (χ2v) is 3.86. The molecule has 0 atom stereocenters. The minimum absolute atomic E-state index is 0.415. The first-order valence-electron chi connectivity index (χ1n) is 3.89. The molecule has 1 rings (SSSR count). The van der Waals surface area contributed by atoms with E-state index in [0.717, 1.165) is 7.11 Å². The van der Waals surface area contributed by atoms with Gasteiger partial charge < -0.3 is 10.1 Å². The molecule has 4 nitrogen and oxygen atoms in total. The van der Waals surface area contributed by atoms with Gasteiger partial charge in [0.15, 0.2) is 0 Å². The van der Waals surface area contributed by atoms with Crippen molar-refractivity contribution in [1.82, 2.24) is 0 Å². The molecule has 0 fully saturated rings. The monoisotopic (exact) mass is 291 g/mol. The Bertz CT molecular complexity index is 408. The van der Waals surface area contributed by atoms with Gasteiger partial charge in [-0.1, -0.05) is 11.6 Å². The molecular formula is C9H7BrClNO3. The fourth-order valence-electron chi connectivity index (χ4n) is 0.859. The molecule has 0 aromatic heterocycles. The maximum Gasteiger partial charge on any atom is 0.396 e. The van der Waals surface area contributed by atoms with Crippen LogP contribution in [0.4, 0.5) is 5.69 Å². The number of carbonyl (C=O) groups excluding carboxylic acids is 2. The van der Waals surface area contributed by atoms with Crippen LogP contribution < -0.4 is 5.32 Å². The van der Waals surface area contributed by atoms with E-state index < -0.39 is 11.9 Å². The quantitative estimate of drug-likeness (QED) is 0.638. The summed E-state index contributed by atoms with van der Waals surface area (Å²) in [5.41, 5.74) is 0.415. The summed E-state index contributed by atoms with van der Waals surface area (Å²) in [7, 11) is 1.13. The third kappa shape index (κ3) is 3.21. The highest BCUT2D eigenvalue weighted by Gasteiger charge is 2.15. The molecule has 6 heteroatoms. The molecule has 0 aliphatic rings. The predicted octanol–water partition coefficient (Wildman–Crippen LogP) is 2.21. The highest BCUT2D eigenvalue weighted by molar-refractivity contribution is 9.10. The zero-order valence-corrected chi connectivity index (χ0v) is 10.1. The summed E-state index contributed by atoms with van der Waals surface area (Å²) in [4.78, 5) is 22.0. The number of hydrogen-bond donors (Lipinski definition) is 1. The van der Waals surface area contributed by atoms with E-state index in [9.17, 15) is 9.59 Å². The second kappa shape index (κ2) is 5.14. The summed E-state index contributed by atoms with van der Waals surface area (Å²) in [6.07, 6.45) is 0.